The summed E-state index contributed by atoms with van der Waals surface area (Å²) in [6, 6.07) is -2.47. The van der Waals surface area contributed by atoms with Gasteiger partial charge in [-0.2, -0.15) is 9.97 Å². The Morgan fingerprint density at radius 2 is 1.93 bits per heavy atom. The largest absolute Gasteiger partial charge is 0.479 e. The van der Waals surface area contributed by atoms with E-state index in [1.165, 1.54) is 50.8 Å². The molecule has 5 N–H and O–H groups in total. The molecule has 20 heteroatoms. The second kappa shape index (κ2) is 14.4. The van der Waals surface area contributed by atoms with Gasteiger partial charge in [-0.05, 0) is 27.7 Å². The number of hydrogen-bond acceptors (Lipinski definition) is 15. The molecule has 0 aromatic carbocycles. The molecule has 2 aromatic heterocycles. The van der Waals surface area contributed by atoms with Crippen LogP contribution in [0.15, 0.2) is 6.33 Å². The topological polar surface area (TPSA) is 234 Å². The number of aliphatic hydroxyl groups excluding tert-OH is 1. The molecule has 246 valence electrons. The number of nitrogens with two attached hydrogens (primary N) is 1. The van der Waals surface area contributed by atoms with Crippen molar-refractivity contribution in [1.82, 2.24) is 34.4 Å². The number of aromatic nitrogens is 4. The molecule has 0 spiro atoms. The van der Waals surface area contributed by atoms with Crippen LogP contribution >= 0.6 is 18.1 Å². The van der Waals surface area contributed by atoms with Crippen molar-refractivity contribution in [3.8, 4) is 5.88 Å². The number of carbonyl (C=O) groups is 3. The Morgan fingerprint density at radius 1 is 1.25 bits per heavy atom. The Hall–Kier alpha value is -3.06. The molecule has 0 saturated carbocycles. The molecule has 0 unspecified atom stereocenters. The maximum atomic E-state index is 13.9. The van der Waals surface area contributed by atoms with Crippen molar-refractivity contribution in [1.29, 1.82) is 0 Å². The summed E-state index contributed by atoms with van der Waals surface area (Å²) in [6.07, 6.45) is -0.406. The number of esters is 1. The summed E-state index contributed by atoms with van der Waals surface area (Å²) >= 11 is 0.740. The Morgan fingerprint density at radius 3 is 2.50 bits per heavy atom. The van der Waals surface area contributed by atoms with Crippen molar-refractivity contribution >= 4 is 53.1 Å². The van der Waals surface area contributed by atoms with E-state index in [9.17, 15) is 29.2 Å². The van der Waals surface area contributed by atoms with E-state index in [-0.39, 0.29) is 42.0 Å². The van der Waals surface area contributed by atoms with Crippen LogP contribution in [-0.2, 0) is 28.2 Å². The molecule has 1 aliphatic heterocycles. The number of anilines is 1. The second-order valence-electron chi connectivity index (χ2n) is 10.4. The average Bonchev–Trinajstić information content (AvgIpc) is 3.45. The summed E-state index contributed by atoms with van der Waals surface area (Å²) in [5.74, 6) is -1.29. The van der Waals surface area contributed by atoms with E-state index in [1.807, 2.05) is 0 Å². The first kappa shape index (κ1) is 35.4. The number of fused-ring (bicyclic) bond motifs is 1. The highest BCUT2D eigenvalue weighted by molar-refractivity contribution is 8.56. The number of aliphatic hydroxyl groups is 2. The zero-order chi connectivity index (χ0) is 33.0. The van der Waals surface area contributed by atoms with Crippen molar-refractivity contribution in [2.75, 3.05) is 52.5 Å². The van der Waals surface area contributed by atoms with Gasteiger partial charge in [-0.1, -0.05) is 11.4 Å². The molecule has 1 fully saturated rings. The number of nitrogen functional groups attached to an aromatic ring is 1. The number of amides is 3. The van der Waals surface area contributed by atoms with Crippen molar-refractivity contribution < 1.29 is 47.9 Å². The van der Waals surface area contributed by atoms with Crippen molar-refractivity contribution in [3.63, 3.8) is 0 Å². The van der Waals surface area contributed by atoms with Crippen LogP contribution in [-0.4, -0.2) is 128 Å². The number of methoxy groups -OCH3 is 1. The quantitative estimate of drug-likeness (QED) is 0.0822. The van der Waals surface area contributed by atoms with Crippen LogP contribution in [0.2, 0.25) is 0 Å². The van der Waals surface area contributed by atoms with Crippen LogP contribution < -0.4 is 15.6 Å². The Balaban J connectivity index is 1.79. The van der Waals surface area contributed by atoms with E-state index >= 15 is 0 Å². The van der Waals surface area contributed by atoms with Gasteiger partial charge in [0.05, 0.1) is 39.4 Å². The van der Waals surface area contributed by atoms with Gasteiger partial charge in [0.1, 0.15) is 17.7 Å². The predicted molar refractivity (Wildman–Crippen MR) is 159 cm³/mol. The lowest BCUT2D eigenvalue weighted by molar-refractivity contribution is -0.158. The van der Waals surface area contributed by atoms with Crippen LogP contribution in [0.25, 0.3) is 11.2 Å². The fraction of sp³-hybridized carbons (Fsp3) is 0.667. The predicted octanol–water partition coefficient (Wildman–Crippen LogP) is 0.356. The third-order valence-corrected chi connectivity index (χ3v) is 10.6. The van der Waals surface area contributed by atoms with Gasteiger partial charge in [-0.15, -0.1) is 0 Å². The molecule has 3 rings (SSSR count). The van der Waals surface area contributed by atoms with Crippen molar-refractivity contribution in [2.24, 2.45) is 0 Å². The summed E-state index contributed by atoms with van der Waals surface area (Å²) in [5.41, 5.74) is 4.31. The first-order valence-electron chi connectivity index (χ1n) is 13.5. The number of carbonyl (C=O) groups excluding carboxylic acids is 3. The van der Waals surface area contributed by atoms with E-state index in [1.54, 1.807) is 13.8 Å². The molecule has 1 aliphatic rings. The SMILES string of the molecule is COc1nc(N)nc2c1ncn2[C@H](OCCO[P@](=O)(N[C@H](C)C(=O)OC(C)C)SC[C@H]1C(=O)N(C)C(=O)N1C)[C@](C)(O)CO. The van der Waals surface area contributed by atoms with Gasteiger partial charge in [-0.25, -0.2) is 14.9 Å². The minimum atomic E-state index is -3.95. The van der Waals surface area contributed by atoms with E-state index in [0.29, 0.717) is 0 Å². The highest BCUT2D eigenvalue weighted by atomic mass is 32.7. The van der Waals surface area contributed by atoms with E-state index in [4.69, 9.17) is 24.5 Å². The summed E-state index contributed by atoms with van der Waals surface area (Å²) in [6.45, 7) is 0.818. The monoisotopic (exact) mass is 662 g/mol. The number of rotatable bonds is 16. The lowest BCUT2D eigenvalue weighted by Crippen LogP contribution is -2.42. The number of nitrogens with zero attached hydrogens (tertiary/aromatic N) is 6. The summed E-state index contributed by atoms with van der Waals surface area (Å²) in [7, 11) is 4.17. The van der Waals surface area contributed by atoms with Gasteiger partial charge in [0.15, 0.2) is 17.4 Å². The lowest BCUT2D eigenvalue weighted by atomic mass is 10.1. The van der Waals surface area contributed by atoms with Gasteiger partial charge in [0.25, 0.3) is 5.91 Å². The Bertz CT molecular complexity index is 1410. The normalized spacial score (nSPS) is 19.7. The highest BCUT2D eigenvalue weighted by Crippen LogP contribution is 2.57. The summed E-state index contributed by atoms with van der Waals surface area (Å²) in [5, 5.41) is 23.5. The summed E-state index contributed by atoms with van der Waals surface area (Å²) < 4.78 is 37.3. The van der Waals surface area contributed by atoms with Gasteiger partial charge in [0, 0.05) is 19.8 Å². The first-order chi connectivity index (χ1) is 20.5. The van der Waals surface area contributed by atoms with Crippen LogP contribution in [0.5, 0.6) is 5.88 Å². The molecule has 0 aliphatic carbocycles. The number of imidazole rings is 1. The van der Waals surface area contributed by atoms with E-state index in [2.05, 4.69) is 20.0 Å². The number of ether oxygens (including phenoxy) is 3. The lowest BCUT2D eigenvalue weighted by Gasteiger charge is -2.32. The van der Waals surface area contributed by atoms with Gasteiger partial charge in [-0.3, -0.25) is 23.6 Å². The molecule has 1 saturated heterocycles. The molecule has 18 nitrogen and oxygen atoms in total. The minimum absolute atomic E-state index is 0.0883. The maximum Gasteiger partial charge on any atom is 0.327 e. The van der Waals surface area contributed by atoms with Crippen molar-refractivity contribution in [3.05, 3.63) is 6.33 Å². The molecule has 0 radical (unpaired) electrons. The van der Waals surface area contributed by atoms with E-state index in [0.717, 1.165) is 16.3 Å². The standard InChI is InChI=1S/C24H39N8O10PS/c1-13(2)42-20(35)14(3)29-43(38,44-10-15-19(34)31(6)23(36)30(15)5)41-9-8-40-21(24(4,37)11-33)32-12-26-16-17(32)27-22(25)28-18(16)39-7/h12-15,21,33,37H,8-11H2,1-7H3,(H,29,38)(H2,25,27,28)/t14-,15+,21-,24-,43-/m1/s1. The van der Waals surface area contributed by atoms with Crippen molar-refractivity contribution in [2.45, 2.75) is 57.7 Å². The molecule has 44 heavy (non-hydrogen) atoms. The Labute approximate surface area is 257 Å². The zero-order valence-electron chi connectivity index (χ0n) is 25.5. The number of imide groups is 1. The molecule has 2 aromatic rings. The van der Waals surface area contributed by atoms with Gasteiger partial charge < -0.3 is 39.6 Å². The molecule has 5 atom stereocenters. The minimum Gasteiger partial charge on any atom is -0.479 e. The molecule has 3 amide bonds. The molecular weight excluding hydrogens is 623 g/mol. The first-order valence-corrected chi connectivity index (χ1v) is 16.7. The van der Waals surface area contributed by atoms with Crippen LogP contribution in [0, 0.1) is 0 Å². The third kappa shape index (κ3) is 7.96. The van der Waals surface area contributed by atoms with Crippen LogP contribution in [0.4, 0.5) is 10.7 Å². The van der Waals surface area contributed by atoms with Crippen LogP contribution in [0.1, 0.15) is 33.9 Å². The molecule has 0 bridgehead atoms. The average molecular weight is 663 g/mol. The summed E-state index contributed by atoms with van der Waals surface area (Å²) in [4.78, 5) is 51.7. The number of hydrogen-bond donors (Lipinski definition) is 4. The number of nitrogens with one attached hydrogen (secondary N) is 1. The maximum absolute atomic E-state index is 13.9. The van der Waals surface area contributed by atoms with Gasteiger partial charge in [0.2, 0.25) is 11.8 Å². The molecular formula is C24H39N8O10PS. The smallest absolute Gasteiger partial charge is 0.327 e. The van der Waals surface area contributed by atoms with E-state index < -0.39 is 61.3 Å². The van der Waals surface area contributed by atoms with Gasteiger partial charge >= 0.3 is 18.7 Å². The Kier molecular flexibility index (Phi) is 11.6. The zero-order valence-corrected chi connectivity index (χ0v) is 27.2. The fourth-order valence-corrected chi connectivity index (χ4v) is 8.10. The number of likely N-dealkylation sites (N-methyl/N-ethyl adjacent to an activating group) is 2. The second-order valence-corrected chi connectivity index (χ2v) is 14.7. The molecule has 3 heterocycles. The highest BCUT2D eigenvalue weighted by Gasteiger charge is 2.43. The number of urea groups is 1. The third-order valence-electron chi connectivity index (χ3n) is 6.46. The van der Waals surface area contributed by atoms with Crippen LogP contribution in [0.3, 0.4) is 0 Å². The fourth-order valence-electron chi connectivity index (χ4n) is 4.12.